The minimum absolute atomic E-state index is 0.0388. The molecular formula is C10H13N3O3. The van der Waals surface area contributed by atoms with Crippen molar-refractivity contribution >= 4 is 12.0 Å². The lowest BCUT2D eigenvalue weighted by Crippen LogP contribution is -2.29. The Morgan fingerprint density at radius 1 is 1.25 bits per heavy atom. The first-order chi connectivity index (χ1) is 7.61. The molecule has 0 saturated carbocycles. The lowest BCUT2D eigenvalue weighted by Gasteiger charge is -2.05. The van der Waals surface area contributed by atoms with Crippen LogP contribution in [0, 0.1) is 0 Å². The number of rotatable bonds is 4. The number of hydrogen-bond donors (Lipinski definition) is 3. The predicted octanol–water partition coefficient (Wildman–Crippen LogP) is -0.281. The van der Waals surface area contributed by atoms with Gasteiger partial charge in [-0.1, -0.05) is 12.1 Å². The summed E-state index contributed by atoms with van der Waals surface area (Å²) in [5.74, 6) is 0.138. The lowest BCUT2D eigenvalue weighted by atomic mass is 10.2. The third-order valence-electron chi connectivity index (χ3n) is 1.82. The zero-order valence-corrected chi connectivity index (χ0v) is 8.60. The van der Waals surface area contributed by atoms with Gasteiger partial charge in [0.1, 0.15) is 5.75 Å². The van der Waals surface area contributed by atoms with E-state index in [4.69, 9.17) is 11.5 Å². The first-order valence-electron chi connectivity index (χ1n) is 4.65. The van der Waals surface area contributed by atoms with Crippen LogP contribution >= 0.6 is 0 Å². The third-order valence-corrected chi connectivity index (χ3v) is 1.82. The number of carbonyl (C=O) groups excluding carboxylic acids is 2. The minimum atomic E-state index is -0.857. The summed E-state index contributed by atoms with van der Waals surface area (Å²) in [6, 6.07) is 6.62. The van der Waals surface area contributed by atoms with E-state index in [1.807, 2.05) is 0 Å². The van der Waals surface area contributed by atoms with Gasteiger partial charge in [-0.2, -0.15) is 0 Å². The van der Waals surface area contributed by atoms with Gasteiger partial charge in [-0.25, -0.2) is 4.79 Å². The molecule has 0 saturated heterocycles. The Labute approximate surface area is 92.6 Å². The van der Waals surface area contributed by atoms with E-state index in [-0.39, 0.29) is 12.5 Å². The van der Waals surface area contributed by atoms with E-state index in [0.29, 0.717) is 12.3 Å². The summed E-state index contributed by atoms with van der Waals surface area (Å²) < 4.78 is 4.65. The van der Waals surface area contributed by atoms with Gasteiger partial charge in [0.25, 0.3) is 0 Å². The average Bonchev–Trinajstić information content (AvgIpc) is 2.27. The molecule has 1 rings (SSSR count). The van der Waals surface area contributed by atoms with E-state index in [9.17, 15) is 9.59 Å². The highest BCUT2D eigenvalue weighted by molar-refractivity contribution is 5.77. The molecule has 0 bridgehead atoms. The molecule has 6 heteroatoms. The molecular weight excluding hydrogens is 210 g/mol. The Bertz CT molecular complexity index is 375. The number of nitrogens with two attached hydrogens (primary N) is 2. The maximum Gasteiger partial charge on any atom is 0.409 e. The Morgan fingerprint density at radius 3 is 2.38 bits per heavy atom. The molecule has 0 atom stereocenters. The molecule has 0 radical (unpaired) electrons. The van der Waals surface area contributed by atoms with Gasteiger partial charge in [-0.3, -0.25) is 4.79 Å². The number of primary amides is 1. The van der Waals surface area contributed by atoms with E-state index in [0.717, 1.165) is 5.56 Å². The summed E-state index contributed by atoms with van der Waals surface area (Å²) in [5, 5.41) is 2.61. The molecule has 0 aliphatic heterocycles. The number of hydrogen-bond acceptors (Lipinski definition) is 4. The fourth-order valence-electron chi connectivity index (χ4n) is 1.06. The molecule has 0 aliphatic carbocycles. The maximum absolute atomic E-state index is 10.9. The van der Waals surface area contributed by atoms with Gasteiger partial charge in [0.05, 0.1) is 6.54 Å². The topological polar surface area (TPSA) is 107 Å². The number of ether oxygens (including phenoxy) is 1. The van der Waals surface area contributed by atoms with Crippen molar-refractivity contribution in [1.29, 1.82) is 0 Å². The van der Waals surface area contributed by atoms with Crippen LogP contribution in [0.25, 0.3) is 0 Å². The lowest BCUT2D eigenvalue weighted by molar-refractivity contribution is -0.119. The monoisotopic (exact) mass is 223 g/mol. The molecule has 1 aromatic rings. The molecule has 6 nitrogen and oxygen atoms in total. The standard InChI is InChI=1S/C10H13N3O3/c11-5-9(14)13-6-7-1-3-8(4-2-7)16-10(12)15/h1-4H,5-6,11H2,(H2,12,15)(H,13,14). The summed E-state index contributed by atoms with van der Waals surface area (Å²) >= 11 is 0. The van der Waals surface area contributed by atoms with E-state index in [2.05, 4.69) is 10.1 Å². The first-order valence-corrected chi connectivity index (χ1v) is 4.65. The van der Waals surface area contributed by atoms with Gasteiger partial charge in [0.2, 0.25) is 5.91 Å². The van der Waals surface area contributed by atoms with Crippen molar-refractivity contribution in [3.8, 4) is 5.75 Å². The van der Waals surface area contributed by atoms with Crippen molar-refractivity contribution < 1.29 is 14.3 Å². The SMILES string of the molecule is NCC(=O)NCc1ccc(OC(N)=O)cc1. The fourth-order valence-corrected chi connectivity index (χ4v) is 1.06. The van der Waals surface area contributed by atoms with Gasteiger partial charge in [0, 0.05) is 6.54 Å². The van der Waals surface area contributed by atoms with Crippen molar-refractivity contribution in [3.63, 3.8) is 0 Å². The quantitative estimate of drug-likeness (QED) is 0.652. The summed E-state index contributed by atoms with van der Waals surface area (Å²) in [5.41, 5.74) is 10.9. The van der Waals surface area contributed by atoms with Crippen LogP contribution in [0.1, 0.15) is 5.56 Å². The van der Waals surface area contributed by atoms with Gasteiger partial charge in [0.15, 0.2) is 0 Å². The van der Waals surface area contributed by atoms with Crippen LogP contribution < -0.4 is 21.5 Å². The number of benzene rings is 1. The van der Waals surface area contributed by atoms with Crippen molar-refractivity contribution in [2.24, 2.45) is 11.5 Å². The van der Waals surface area contributed by atoms with Crippen molar-refractivity contribution in [2.75, 3.05) is 6.54 Å². The second-order valence-electron chi connectivity index (χ2n) is 3.05. The van der Waals surface area contributed by atoms with Gasteiger partial charge in [-0.05, 0) is 17.7 Å². The summed E-state index contributed by atoms with van der Waals surface area (Å²) in [7, 11) is 0. The van der Waals surface area contributed by atoms with Gasteiger partial charge < -0.3 is 21.5 Å². The Balaban J connectivity index is 2.51. The van der Waals surface area contributed by atoms with Crippen molar-refractivity contribution in [1.82, 2.24) is 5.32 Å². The highest BCUT2D eigenvalue weighted by Crippen LogP contribution is 2.11. The van der Waals surface area contributed by atoms with Crippen LogP contribution in [0.15, 0.2) is 24.3 Å². The van der Waals surface area contributed by atoms with E-state index in [1.165, 1.54) is 0 Å². The smallest absolute Gasteiger partial charge is 0.409 e. The number of amides is 2. The maximum atomic E-state index is 10.9. The molecule has 0 heterocycles. The van der Waals surface area contributed by atoms with Crippen LogP contribution in [-0.2, 0) is 11.3 Å². The molecule has 86 valence electrons. The zero-order valence-electron chi connectivity index (χ0n) is 8.60. The minimum Gasteiger partial charge on any atom is -0.411 e. The van der Waals surface area contributed by atoms with Crippen molar-refractivity contribution in [2.45, 2.75) is 6.54 Å². The summed E-state index contributed by atoms with van der Waals surface area (Å²) in [4.78, 5) is 21.3. The normalized spacial score (nSPS) is 9.56. The van der Waals surface area contributed by atoms with E-state index in [1.54, 1.807) is 24.3 Å². The number of carbonyl (C=O) groups is 2. The molecule has 0 spiro atoms. The molecule has 2 amide bonds. The molecule has 1 aromatic carbocycles. The van der Waals surface area contributed by atoms with E-state index < -0.39 is 6.09 Å². The highest BCUT2D eigenvalue weighted by Gasteiger charge is 2.00. The highest BCUT2D eigenvalue weighted by atomic mass is 16.5. The second kappa shape index (κ2) is 5.72. The van der Waals surface area contributed by atoms with Crippen LogP contribution in [0.2, 0.25) is 0 Å². The second-order valence-corrected chi connectivity index (χ2v) is 3.05. The molecule has 5 N–H and O–H groups in total. The molecule has 0 aliphatic rings. The van der Waals surface area contributed by atoms with E-state index >= 15 is 0 Å². The largest absolute Gasteiger partial charge is 0.411 e. The Hall–Kier alpha value is -2.08. The Morgan fingerprint density at radius 2 is 1.88 bits per heavy atom. The molecule has 0 unspecified atom stereocenters. The zero-order chi connectivity index (χ0) is 12.0. The van der Waals surface area contributed by atoms with Crippen LogP contribution in [0.3, 0.4) is 0 Å². The summed E-state index contributed by atoms with van der Waals surface area (Å²) in [6.45, 7) is 0.343. The van der Waals surface area contributed by atoms with Gasteiger partial charge >= 0.3 is 6.09 Å². The third kappa shape index (κ3) is 3.97. The van der Waals surface area contributed by atoms with Crippen LogP contribution in [0.4, 0.5) is 4.79 Å². The van der Waals surface area contributed by atoms with Crippen LogP contribution in [-0.4, -0.2) is 18.5 Å². The Kier molecular flexibility index (Phi) is 4.28. The van der Waals surface area contributed by atoms with Gasteiger partial charge in [-0.15, -0.1) is 0 Å². The van der Waals surface area contributed by atoms with Crippen LogP contribution in [0.5, 0.6) is 5.75 Å². The van der Waals surface area contributed by atoms with Crippen molar-refractivity contribution in [3.05, 3.63) is 29.8 Å². The fraction of sp³-hybridized carbons (Fsp3) is 0.200. The number of nitrogens with one attached hydrogen (secondary N) is 1. The molecule has 16 heavy (non-hydrogen) atoms. The first kappa shape index (κ1) is 12.0. The molecule has 0 aromatic heterocycles. The average molecular weight is 223 g/mol. The predicted molar refractivity (Wildman–Crippen MR) is 57.6 cm³/mol. The molecule has 0 fully saturated rings. The summed E-state index contributed by atoms with van der Waals surface area (Å²) in [6.07, 6.45) is -0.857.